The molecule has 0 radical (unpaired) electrons. The Labute approximate surface area is 78.5 Å². The van der Waals surface area contributed by atoms with Gasteiger partial charge >= 0.3 is 0 Å². The maximum Gasteiger partial charge on any atom is 0.293 e. The van der Waals surface area contributed by atoms with Gasteiger partial charge in [0, 0.05) is 0 Å². The Bertz CT molecular complexity index is 251. The third-order valence-electron chi connectivity index (χ3n) is 1.92. The maximum absolute atomic E-state index is 9.84. The van der Waals surface area contributed by atoms with Gasteiger partial charge < -0.3 is 4.74 Å². The van der Waals surface area contributed by atoms with Crippen LogP contribution in [0, 0.1) is 6.92 Å². The van der Waals surface area contributed by atoms with Crippen molar-refractivity contribution in [1.29, 1.82) is 0 Å². The molecule has 0 fully saturated rings. The lowest BCUT2D eigenvalue weighted by atomic mass is 10.1. The van der Waals surface area contributed by atoms with Crippen molar-refractivity contribution in [1.82, 2.24) is 0 Å². The predicted molar refractivity (Wildman–Crippen MR) is 51.5 cm³/mol. The van der Waals surface area contributed by atoms with E-state index in [0.717, 1.165) is 12.8 Å². The minimum Gasteiger partial charge on any atom is -0.468 e. The molecule has 0 aromatic heterocycles. The van der Waals surface area contributed by atoms with E-state index in [1.54, 1.807) is 0 Å². The van der Waals surface area contributed by atoms with Gasteiger partial charge in [0.15, 0.2) is 0 Å². The van der Waals surface area contributed by atoms with Gasteiger partial charge in [-0.1, -0.05) is 29.8 Å². The zero-order valence-corrected chi connectivity index (χ0v) is 7.82. The molecule has 0 bridgehead atoms. The number of hydrogen-bond donors (Lipinski definition) is 0. The van der Waals surface area contributed by atoms with Crippen LogP contribution in [0.5, 0.6) is 0 Å². The molecule has 0 aliphatic carbocycles. The average Bonchev–Trinajstić information content (AvgIpc) is 2.15. The van der Waals surface area contributed by atoms with Crippen LogP contribution in [0.25, 0.3) is 0 Å². The fraction of sp³-hybridized carbons (Fsp3) is 0.364. The standard InChI is InChI=1S/C11H14O2/c1-10-4-6-11(7-5-10)3-2-8-13-9-12/h4-7,9H,2-3,8H2,1H3. The molecule has 0 saturated carbocycles. The van der Waals surface area contributed by atoms with Gasteiger partial charge in [0.1, 0.15) is 0 Å². The van der Waals surface area contributed by atoms with E-state index in [1.165, 1.54) is 11.1 Å². The van der Waals surface area contributed by atoms with Crippen LogP contribution >= 0.6 is 0 Å². The smallest absolute Gasteiger partial charge is 0.293 e. The zero-order chi connectivity index (χ0) is 9.52. The lowest BCUT2D eigenvalue weighted by Crippen LogP contribution is -1.94. The zero-order valence-electron chi connectivity index (χ0n) is 7.82. The normalized spacial score (nSPS) is 9.62. The molecule has 0 aliphatic heterocycles. The molecule has 1 aromatic rings. The predicted octanol–water partition coefficient (Wildman–Crippen LogP) is 2.10. The Hall–Kier alpha value is -1.31. The van der Waals surface area contributed by atoms with E-state index in [2.05, 4.69) is 35.9 Å². The second kappa shape index (κ2) is 5.36. The molecule has 13 heavy (non-hydrogen) atoms. The third-order valence-corrected chi connectivity index (χ3v) is 1.92. The molecule has 0 spiro atoms. The summed E-state index contributed by atoms with van der Waals surface area (Å²) in [6.07, 6.45) is 1.86. The molecule has 2 heteroatoms. The van der Waals surface area contributed by atoms with E-state index >= 15 is 0 Å². The average molecular weight is 178 g/mol. The highest BCUT2D eigenvalue weighted by atomic mass is 16.5. The van der Waals surface area contributed by atoms with Crippen LogP contribution in [0.3, 0.4) is 0 Å². The number of ether oxygens (including phenoxy) is 1. The monoisotopic (exact) mass is 178 g/mol. The van der Waals surface area contributed by atoms with Gasteiger partial charge in [-0.15, -0.1) is 0 Å². The number of benzene rings is 1. The summed E-state index contributed by atoms with van der Waals surface area (Å²) in [6.45, 7) is 3.08. The van der Waals surface area contributed by atoms with Crippen molar-refractivity contribution in [2.45, 2.75) is 19.8 Å². The number of rotatable bonds is 5. The molecule has 70 valence electrons. The quantitative estimate of drug-likeness (QED) is 0.510. The Balaban J connectivity index is 2.28. The van der Waals surface area contributed by atoms with Crippen molar-refractivity contribution >= 4 is 6.47 Å². The highest BCUT2D eigenvalue weighted by Crippen LogP contribution is 2.05. The van der Waals surface area contributed by atoms with E-state index in [0.29, 0.717) is 13.1 Å². The van der Waals surface area contributed by atoms with Crippen LogP contribution in [0.1, 0.15) is 17.5 Å². The maximum atomic E-state index is 9.84. The molecule has 0 aliphatic rings. The van der Waals surface area contributed by atoms with E-state index in [-0.39, 0.29) is 0 Å². The van der Waals surface area contributed by atoms with Gasteiger partial charge in [0.25, 0.3) is 6.47 Å². The van der Waals surface area contributed by atoms with Gasteiger partial charge in [-0.2, -0.15) is 0 Å². The van der Waals surface area contributed by atoms with Gasteiger partial charge in [-0.3, -0.25) is 4.79 Å². The molecule has 0 unspecified atom stereocenters. The molecule has 1 aromatic carbocycles. The molecular formula is C11H14O2. The van der Waals surface area contributed by atoms with Crippen molar-refractivity contribution < 1.29 is 9.53 Å². The molecule has 0 amide bonds. The van der Waals surface area contributed by atoms with E-state index in [9.17, 15) is 4.79 Å². The van der Waals surface area contributed by atoms with Gasteiger partial charge in [-0.25, -0.2) is 0 Å². The first kappa shape index (κ1) is 9.78. The van der Waals surface area contributed by atoms with Crippen LogP contribution in [-0.2, 0) is 16.0 Å². The van der Waals surface area contributed by atoms with E-state index in [4.69, 9.17) is 0 Å². The molecule has 0 saturated heterocycles. The summed E-state index contributed by atoms with van der Waals surface area (Å²) in [5.74, 6) is 0. The van der Waals surface area contributed by atoms with E-state index in [1.807, 2.05) is 0 Å². The molecular weight excluding hydrogens is 164 g/mol. The lowest BCUT2D eigenvalue weighted by Gasteiger charge is -2.00. The van der Waals surface area contributed by atoms with Crippen LogP contribution in [0.2, 0.25) is 0 Å². The van der Waals surface area contributed by atoms with Crippen LogP contribution < -0.4 is 0 Å². The summed E-state index contributed by atoms with van der Waals surface area (Å²) < 4.78 is 4.60. The second-order valence-electron chi connectivity index (χ2n) is 3.06. The van der Waals surface area contributed by atoms with E-state index < -0.39 is 0 Å². The topological polar surface area (TPSA) is 26.3 Å². The summed E-state index contributed by atoms with van der Waals surface area (Å²) in [4.78, 5) is 9.84. The Morgan fingerprint density at radius 3 is 2.62 bits per heavy atom. The number of carbonyl (C=O) groups is 1. The lowest BCUT2D eigenvalue weighted by molar-refractivity contribution is -0.128. The fourth-order valence-electron chi connectivity index (χ4n) is 1.16. The highest BCUT2D eigenvalue weighted by molar-refractivity contribution is 5.36. The molecule has 0 heterocycles. The third kappa shape index (κ3) is 3.74. The summed E-state index contributed by atoms with van der Waals surface area (Å²) in [5.41, 5.74) is 2.56. The fourth-order valence-corrected chi connectivity index (χ4v) is 1.16. The highest BCUT2D eigenvalue weighted by Gasteiger charge is 1.92. The number of aryl methyl sites for hydroxylation is 2. The first-order chi connectivity index (χ1) is 6.33. The number of carbonyl (C=O) groups excluding carboxylic acids is 1. The Morgan fingerprint density at radius 2 is 2.00 bits per heavy atom. The molecule has 0 N–H and O–H groups in total. The summed E-state index contributed by atoms with van der Waals surface area (Å²) >= 11 is 0. The summed E-state index contributed by atoms with van der Waals surface area (Å²) in [5, 5.41) is 0. The largest absolute Gasteiger partial charge is 0.468 e. The summed E-state index contributed by atoms with van der Waals surface area (Å²) in [6, 6.07) is 8.40. The minimum absolute atomic E-state index is 0.495. The van der Waals surface area contributed by atoms with Crippen molar-refractivity contribution in [2.75, 3.05) is 6.61 Å². The first-order valence-corrected chi connectivity index (χ1v) is 4.44. The van der Waals surface area contributed by atoms with Crippen molar-refractivity contribution in [3.05, 3.63) is 35.4 Å². The van der Waals surface area contributed by atoms with Gasteiger partial charge in [0.2, 0.25) is 0 Å². The van der Waals surface area contributed by atoms with Gasteiger partial charge in [0.05, 0.1) is 6.61 Å². The molecule has 1 rings (SSSR count). The van der Waals surface area contributed by atoms with Crippen LogP contribution in [-0.4, -0.2) is 13.1 Å². The first-order valence-electron chi connectivity index (χ1n) is 4.44. The second-order valence-corrected chi connectivity index (χ2v) is 3.06. The van der Waals surface area contributed by atoms with Gasteiger partial charge in [-0.05, 0) is 25.3 Å². The van der Waals surface area contributed by atoms with Crippen LogP contribution in [0.15, 0.2) is 24.3 Å². The molecule has 0 atom stereocenters. The van der Waals surface area contributed by atoms with Crippen LogP contribution in [0.4, 0.5) is 0 Å². The summed E-state index contributed by atoms with van der Waals surface area (Å²) in [7, 11) is 0. The number of hydrogen-bond acceptors (Lipinski definition) is 2. The Morgan fingerprint density at radius 1 is 1.31 bits per heavy atom. The van der Waals surface area contributed by atoms with Crippen molar-refractivity contribution in [3.8, 4) is 0 Å². The SMILES string of the molecule is Cc1ccc(CCCOC=O)cc1. The molecule has 2 nitrogen and oxygen atoms in total. The van der Waals surface area contributed by atoms with Crippen molar-refractivity contribution in [2.24, 2.45) is 0 Å². The van der Waals surface area contributed by atoms with Crippen molar-refractivity contribution in [3.63, 3.8) is 0 Å². The minimum atomic E-state index is 0.495. The Kier molecular flexibility index (Phi) is 4.03.